The Morgan fingerprint density at radius 1 is 1.15 bits per heavy atom. The van der Waals surface area contributed by atoms with E-state index in [9.17, 15) is 15.3 Å². The first-order chi connectivity index (χ1) is 6.11. The van der Waals surface area contributed by atoms with Gasteiger partial charge in [-0.15, -0.1) is 0 Å². The smallest absolute Gasteiger partial charge is 0.306 e. The largest absolute Gasteiger partial charge is 0.395 e. The molecule has 0 bridgehead atoms. The highest BCUT2D eigenvalue weighted by Gasteiger charge is 2.45. The van der Waals surface area contributed by atoms with Gasteiger partial charge < -0.3 is 20.4 Å². The highest BCUT2D eigenvalue weighted by Crippen LogP contribution is 2.15. The highest BCUT2D eigenvalue weighted by atomic mass is 16.4. The Morgan fingerprint density at radius 3 is 2.23 bits per heavy atom. The van der Waals surface area contributed by atoms with Crippen LogP contribution in [-0.4, -0.2) is 57.6 Å². The van der Waals surface area contributed by atoms with Crippen LogP contribution in [0.25, 0.3) is 4.85 Å². The maximum atomic E-state index is 9.29. The van der Waals surface area contributed by atoms with Gasteiger partial charge in [0.2, 0.25) is 0 Å². The highest BCUT2D eigenvalue weighted by molar-refractivity contribution is 5.01. The number of nitrogens with one attached hydrogen (secondary N) is 1. The van der Waals surface area contributed by atoms with Crippen LogP contribution < -0.4 is 5.32 Å². The zero-order valence-electron chi connectivity index (χ0n) is 6.83. The summed E-state index contributed by atoms with van der Waals surface area (Å²) in [4.78, 5) is 3.02. The first kappa shape index (κ1) is 10.4. The third-order valence-electron chi connectivity index (χ3n) is 2.16. The number of aliphatic hydroxyl groups excluding tert-OH is 4. The van der Waals surface area contributed by atoms with E-state index in [1.807, 2.05) is 0 Å². The first-order valence-electron chi connectivity index (χ1n) is 3.89. The van der Waals surface area contributed by atoms with Gasteiger partial charge in [0, 0.05) is 0 Å². The average molecular weight is 188 g/mol. The van der Waals surface area contributed by atoms with E-state index >= 15 is 0 Å². The molecular formula is C7H12N2O4. The number of hydrogen-bond acceptors (Lipinski definition) is 5. The summed E-state index contributed by atoms with van der Waals surface area (Å²) in [5, 5.41) is 39.1. The molecule has 1 aliphatic heterocycles. The Bertz CT molecular complexity index is 215. The second-order valence-corrected chi connectivity index (χ2v) is 3.00. The molecule has 1 fully saturated rings. The average Bonchev–Trinajstić information content (AvgIpc) is 2.15. The van der Waals surface area contributed by atoms with Gasteiger partial charge in [-0.25, -0.2) is 11.9 Å². The quantitative estimate of drug-likeness (QED) is 0.288. The van der Waals surface area contributed by atoms with Gasteiger partial charge in [-0.1, -0.05) is 0 Å². The molecule has 1 heterocycles. The molecule has 74 valence electrons. The number of piperidine rings is 1. The van der Waals surface area contributed by atoms with Gasteiger partial charge in [0.1, 0.15) is 12.2 Å². The van der Waals surface area contributed by atoms with Crippen LogP contribution in [0, 0.1) is 6.57 Å². The molecule has 13 heavy (non-hydrogen) atoms. The molecule has 1 aliphatic rings. The Kier molecular flexibility index (Phi) is 3.19. The molecule has 6 heteroatoms. The molecule has 6 nitrogen and oxygen atoms in total. The normalized spacial score (nSPS) is 45.6. The molecule has 1 rings (SSSR count). The second kappa shape index (κ2) is 4.00. The fraction of sp³-hybridized carbons (Fsp3) is 0.857. The van der Waals surface area contributed by atoms with Crippen molar-refractivity contribution >= 4 is 0 Å². The number of rotatable bonds is 1. The van der Waals surface area contributed by atoms with Crippen LogP contribution in [0.1, 0.15) is 0 Å². The van der Waals surface area contributed by atoms with Crippen molar-refractivity contribution in [3.05, 3.63) is 11.4 Å². The van der Waals surface area contributed by atoms with E-state index in [4.69, 9.17) is 11.7 Å². The fourth-order valence-electron chi connectivity index (χ4n) is 1.32. The summed E-state index contributed by atoms with van der Waals surface area (Å²) in [5.41, 5.74) is 0. The minimum absolute atomic E-state index is 0.392. The molecular weight excluding hydrogens is 176 g/mol. The summed E-state index contributed by atoms with van der Waals surface area (Å²) < 4.78 is 0. The Balaban J connectivity index is 2.73. The van der Waals surface area contributed by atoms with Crippen molar-refractivity contribution in [2.24, 2.45) is 0 Å². The molecule has 5 atom stereocenters. The van der Waals surface area contributed by atoms with Crippen molar-refractivity contribution in [1.29, 1.82) is 0 Å². The Hall–Kier alpha value is -0.710. The lowest BCUT2D eigenvalue weighted by Gasteiger charge is -2.35. The van der Waals surface area contributed by atoms with Crippen molar-refractivity contribution in [2.45, 2.75) is 30.5 Å². The monoisotopic (exact) mass is 188 g/mol. The van der Waals surface area contributed by atoms with Crippen molar-refractivity contribution in [1.82, 2.24) is 5.32 Å². The summed E-state index contributed by atoms with van der Waals surface area (Å²) in [6.45, 7) is 6.28. The Labute approximate surface area is 75.3 Å². The summed E-state index contributed by atoms with van der Waals surface area (Å²) in [6, 6.07) is -0.766. The van der Waals surface area contributed by atoms with E-state index in [0.717, 1.165) is 0 Å². The molecule has 0 aromatic heterocycles. The predicted octanol–water partition coefficient (Wildman–Crippen LogP) is -2.72. The first-order valence-corrected chi connectivity index (χ1v) is 3.89. The Morgan fingerprint density at radius 2 is 1.77 bits per heavy atom. The van der Waals surface area contributed by atoms with E-state index in [1.54, 1.807) is 0 Å². The minimum atomic E-state index is -1.39. The van der Waals surface area contributed by atoms with Gasteiger partial charge in [0.25, 0.3) is 0 Å². The minimum Gasteiger partial charge on any atom is -0.395 e. The third-order valence-corrected chi connectivity index (χ3v) is 2.16. The summed E-state index contributed by atoms with van der Waals surface area (Å²) >= 11 is 0. The SMILES string of the molecule is [C-]#[N+][C@H]1N[C@H](CO)[C@@H](O)[C@H](O)[C@H]1O. The standard InChI is InChI=1S/C7H12N2O4/c1-8-7-6(13)5(12)4(11)3(2-10)9-7/h3-7,9-13H,2H2/t3-,4-,5+,6-,7+/m1/s1. The van der Waals surface area contributed by atoms with E-state index in [-0.39, 0.29) is 0 Å². The van der Waals surface area contributed by atoms with Crippen LogP contribution in [0.15, 0.2) is 0 Å². The van der Waals surface area contributed by atoms with Crippen molar-refractivity contribution in [3.8, 4) is 0 Å². The fourth-order valence-corrected chi connectivity index (χ4v) is 1.32. The molecule has 5 N–H and O–H groups in total. The van der Waals surface area contributed by atoms with E-state index in [2.05, 4.69) is 10.2 Å². The van der Waals surface area contributed by atoms with Crippen molar-refractivity contribution < 1.29 is 20.4 Å². The van der Waals surface area contributed by atoms with Crippen LogP contribution in [0.4, 0.5) is 0 Å². The van der Waals surface area contributed by atoms with E-state index in [0.29, 0.717) is 0 Å². The third kappa shape index (κ3) is 1.80. The summed E-state index contributed by atoms with van der Waals surface area (Å²) in [6.07, 6.45) is -4.94. The molecule has 0 aliphatic carbocycles. The number of aliphatic hydroxyl groups is 4. The number of hydrogen-bond donors (Lipinski definition) is 5. The summed E-state index contributed by atoms with van der Waals surface area (Å²) in [7, 11) is 0. The van der Waals surface area contributed by atoms with Gasteiger partial charge in [0.05, 0.1) is 12.6 Å². The van der Waals surface area contributed by atoms with Crippen LogP contribution in [0.2, 0.25) is 0 Å². The molecule has 0 radical (unpaired) electrons. The lowest BCUT2D eigenvalue weighted by Crippen LogP contribution is -2.64. The van der Waals surface area contributed by atoms with Gasteiger partial charge in [-0.05, 0) is 0 Å². The van der Waals surface area contributed by atoms with Crippen molar-refractivity contribution in [3.63, 3.8) is 0 Å². The molecule has 0 aromatic rings. The molecule has 0 amide bonds. The number of nitrogens with zero attached hydrogens (tertiary/aromatic N) is 1. The maximum absolute atomic E-state index is 9.29. The lowest BCUT2D eigenvalue weighted by molar-refractivity contribution is -0.112. The molecule has 0 unspecified atom stereocenters. The van der Waals surface area contributed by atoms with Crippen molar-refractivity contribution in [2.75, 3.05) is 6.61 Å². The van der Waals surface area contributed by atoms with Crippen LogP contribution >= 0.6 is 0 Å². The van der Waals surface area contributed by atoms with Crippen LogP contribution in [0.5, 0.6) is 0 Å². The zero-order valence-corrected chi connectivity index (χ0v) is 6.83. The van der Waals surface area contributed by atoms with Gasteiger partial charge in [-0.3, -0.25) is 4.85 Å². The topological polar surface area (TPSA) is 97.3 Å². The van der Waals surface area contributed by atoms with Crippen LogP contribution in [0.3, 0.4) is 0 Å². The molecule has 1 saturated heterocycles. The maximum Gasteiger partial charge on any atom is 0.306 e. The van der Waals surface area contributed by atoms with Gasteiger partial charge >= 0.3 is 6.17 Å². The summed E-state index contributed by atoms with van der Waals surface area (Å²) in [5.74, 6) is 0. The lowest BCUT2D eigenvalue weighted by atomic mass is 9.94. The van der Waals surface area contributed by atoms with E-state index in [1.165, 1.54) is 0 Å². The van der Waals surface area contributed by atoms with Gasteiger partial charge in [-0.2, -0.15) is 0 Å². The molecule has 0 aromatic carbocycles. The second-order valence-electron chi connectivity index (χ2n) is 3.00. The van der Waals surface area contributed by atoms with Gasteiger partial charge in [0.15, 0.2) is 6.10 Å². The molecule has 0 saturated carbocycles. The molecule has 0 spiro atoms. The van der Waals surface area contributed by atoms with E-state index < -0.39 is 37.1 Å². The zero-order chi connectivity index (χ0) is 10.0. The van der Waals surface area contributed by atoms with Crippen LogP contribution in [-0.2, 0) is 0 Å². The predicted molar refractivity (Wildman–Crippen MR) is 42.4 cm³/mol.